The maximum atomic E-state index is 12.9. The molecule has 2 fully saturated rings. The predicted octanol–water partition coefficient (Wildman–Crippen LogP) is 3.43. The zero-order chi connectivity index (χ0) is 20.1. The number of nitrogens with one attached hydrogen (secondary N) is 1. The highest BCUT2D eigenvalue weighted by Crippen LogP contribution is 2.22. The van der Waals surface area contributed by atoms with E-state index >= 15 is 0 Å². The number of amides is 1. The molecule has 0 aromatic heterocycles. The second-order valence-electron chi connectivity index (χ2n) is 8.19. The summed E-state index contributed by atoms with van der Waals surface area (Å²) in [7, 11) is 0. The number of anilines is 2. The van der Waals surface area contributed by atoms with E-state index in [1.54, 1.807) is 0 Å². The maximum absolute atomic E-state index is 12.9. The maximum Gasteiger partial charge on any atom is 0.244 e. The van der Waals surface area contributed by atoms with E-state index in [1.165, 1.54) is 24.1 Å². The van der Waals surface area contributed by atoms with Crippen LogP contribution in [0.25, 0.3) is 0 Å². The Hall–Kier alpha value is -2.53. The Morgan fingerprint density at radius 1 is 0.897 bits per heavy atom. The number of hydrogen-bond acceptors (Lipinski definition) is 4. The molecule has 0 saturated carbocycles. The van der Waals surface area contributed by atoms with Crippen LogP contribution in [-0.2, 0) is 11.3 Å². The van der Waals surface area contributed by atoms with Gasteiger partial charge in [0.25, 0.3) is 0 Å². The van der Waals surface area contributed by atoms with Crippen molar-refractivity contribution in [2.45, 2.75) is 32.4 Å². The molecule has 2 aromatic carbocycles. The zero-order valence-corrected chi connectivity index (χ0v) is 17.4. The number of carbonyl (C=O) groups excluding carboxylic acids is 1. The van der Waals surface area contributed by atoms with Gasteiger partial charge in [0.15, 0.2) is 0 Å². The van der Waals surface area contributed by atoms with Crippen molar-refractivity contribution in [2.75, 3.05) is 49.5 Å². The van der Waals surface area contributed by atoms with Crippen LogP contribution >= 0.6 is 0 Å². The van der Waals surface area contributed by atoms with Gasteiger partial charge in [-0.05, 0) is 49.6 Å². The molecule has 154 valence electrons. The quantitative estimate of drug-likeness (QED) is 0.818. The molecule has 29 heavy (non-hydrogen) atoms. The van der Waals surface area contributed by atoms with Crippen LogP contribution < -0.4 is 10.2 Å². The highest BCUT2D eigenvalue weighted by Gasteiger charge is 2.25. The van der Waals surface area contributed by atoms with E-state index in [1.807, 2.05) is 11.8 Å². The molecule has 4 rings (SSSR count). The van der Waals surface area contributed by atoms with Gasteiger partial charge in [0.2, 0.25) is 5.91 Å². The average molecular weight is 393 g/mol. The summed E-state index contributed by atoms with van der Waals surface area (Å²) < 4.78 is 0. The standard InChI is InChI=1S/C24H32N4O/c1-20(25-22-9-11-23(12-10-22)27-13-5-6-14-27)24(29)28-17-15-26(16-18-28)19-21-7-3-2-4-8-21/h2-4,7-12,20,25H,5-6,13-19H2,1H3/t20-/m1/s1. The molecule has 2 aromatic rings. The van der Waals surface area contributed by atoms with E-state index in [2.05, 4.69) is 69.7 Å². The van der Waals surface area contributed by atoms with Gasteiger partial charge in [-0.15, -0.1) is 0 Å². The number of nitrogens with zero attached hydrogens (tertiary/aromatic N) is 3. The van der Waals surface area contributed by atoms with E-state index in [0.29, 0.717) is 0 Å². The topological polar surface area (TPSA) is 38.8 Å². The number of carbonyl (C=O) groups is 1. The highest BCUT2D eigenvalue weighted by molar-refractivity contribution is 5.84. The van der Waals surface area contributed by atoms with Gasteiger partial charge >= 0.3 is 0 Å². The molecule has 1 N–H and O–H groups in total. The molecule has 0 spiro atoms. The van der Waals surface area contributed by atoms with Gasteiger partial charge in [-0.25, -0.2) is 0 Å². The van der Waals surface area contributed by atoms with Crippen LogP contribution in [0.4, 0.5) is 11.4 Å². The molecule has 2 aliphatic heterocycles. The summed E-state index contributed by atoms with van der Waals surface area (Å²) in [6.07, 6.45) is 2.56. The summed E-state index contributed by atoms with van der Waals surface area (Å²) in [5.41, 5.74) is 3.62. The second kappa shape index (κ2) is 9.31. The lowest BCUT2D eigenvalue weighted by atomic mass is 10.2. The van der Waals surface area contributed by atoms with Gasteiger partial charge in [-0.2, -0.15) is 0 Å². The predicted molar refractivity (Wildman–Crippen MR) is 119 cm³/mol. The van der Waals surface area contributed by atoms with Crippen LogP contribution in [0.2, 0.25) is 0 Å². The van der Waals surface area contributed by atoms with E-state index in [0.717, 1.165) is 51.5 Å². The summed E-state index contributed by atoms with van der Waals surface area (Å²) in [6, 6.07) is 18.8. The zero-order valence-electron chi connectivity index (χ0n) is 17.4. The third kappa shape index (κ3) is 5.10. The van der Waals surface area contributed by atoms with Crippen LogP contribution in [0.3, 0.4) is 0 Å². The van der Waals surface area contributed by atoms with Crippen molar-refractivity contribution in [1.82, 2.24) is 9.80 Å². The van der Waals surface area contributed by atoms with Crippen molar-refractivity contribution in [3.05, 3.63) is 60.2 Å². The van der Waals surface area contributed by atoms with Crippen molar-refractivity contribution < 1.29 is 4.79 Å². The third-order valence-electron chi connectivity index (χ3n) is 6.03. The van der Waals surface area contributed by atoms with Gasteiger partial charge in [-0.3, -0.25) is 9.69 Å². The first-order valence-electron chi connectivity index (χ1n) is 10.9. The molecule has 2 saturated heterocycles. The minimum Gasteiger partial charge on any atom is -0.374 e. The minimum atomic E-state index is -0.215. The van der Waals surface area contributed by atoms with E-state index < -0.39 is 0 Å². The number of piperazine rings is 1. The second-order valence-corrected chi connectivity index (χ2v) is 8.19. The Bertz CT molecular complexity index is 778. The fraction of sp³-hybridized carbons (Fsp3) is 0.458. The number of benzene rings is 2. The first kappa shape index (κ1) is 19.8. The normalized spacial score (nSPS) is 18.7. The van der Waals surface area contributed by atoms with Crippen molar-refractivity contribution in [2.24, 2.45) is 0 Å². The largest absolute Gasteiger partial charge is 0.374 e. The molecule has 5 nitrogen and oxygen atoms in total. The number of rotatable bonds is 6. The highest BCUT2D eigenvalue weighted by atomic mass is 16.2. The molecule has 0 aliphatic carbocycles. The lowest BCUT2D eigenvalue weighted by molar-refractivity contribution is -0.133. The summed E-state index contributed by atoms with van der Waals surface area (Å²) in [5, 5.41) is 3.38. The molecular formula is C24H32N4O. The van der Waals surface area contributed by atoms with Crippen LogP contribution in [0.15, 0.2) is 54.6 Å². The SMILES string of the molecule is C[C@@H](Nc1ccc(N2CCCC2)cc1)C(=O)N1CCN(Cc2ccccc2)CC1. The van der Waals surface area contributed by atoms with Gasteiger partial charge in [0.05, 0.1) is 0 Å². The van der Waals surface area contributed by atoms with Crippen LogP contribution in [-0.4, -0.2) is 61.0 Å². The summed E-state index contributed by atoms with van der Waals surface area (Å²) in [6.45, 7) is 8.68. The fourth-order valence-electron chi connectivity index (χ4n) is 4.30. The van der Waals surface area contributed by atoms with Crippen LogP contribution in [0, 0.1) is 0 Å². The van der Waals surface area contributed by atoms with Crippen molar-refractivity contribution >= 4 is 17.3 Å². The number of hydrogen-bond donors (Lipinski definition) is 1. The molecule has 0 radical (unpaired) electrons. The van der Waals surface area contributed by atoms with Crippen molar-refractivity contribution in [3.8, 4) is 0 Å². The van der Waals surface area contributed by atoms with Crippen LogP contribution in [0.1, 0.15) is 25.3 Å². The fourth-order valence-corrected chi connectivity index (χ4v) is 4.30. The monoisotopic (exact) mass is 392 g/mol. The smallest absolute Gasteiger partial charge is 0.244 e. The van der Waals surface area contributed by atoms with Crippen molar-refractivity contribution in [1.29, 1.82) is 0 Å². The summed E-state index contributed by atoms with van der Waals surface area (Å²) in [4.78, 5) is 19.7. The molecule has 0 unspecified atom stereocenters. The van der Waals surface area contributed by atoms with E-state index in [4.69, 9.17) is 0 Å². The third-order valence-corrected chi connectivity index (χ3v) is 6.03. The lowest BCUT2D eigenvalue weighted by Crippen LogP contribution is -2.51. The molecule has 2 aliphatic rings. The molecule has 5 heteroatoms. The lowest BCUT2D eigenvalue weighted by Gasteiger charge is -2.36. The molecular weight excluding hydrogens is 360 g/mol. The summed E-state index contributed by atoms with van der Waals surface area (Å²) in [5.74, 6) is 0.188. The Labute approximate surface area is 174 Å². The summed E-state index contributed by atoms with van der Waals surface area (Å²) >= 11 is 0. The molecule has 2 heterocycles. The first-order valence-corrected chi connectivity index (χ1v) is 10.9. The molecule has 1 amide bonds. The average Bonchev–Trinajstić information content (AvgIpc) is 3.30. The Balaban J connectivity index is 1.25. The van der Waals surface area contributed by atoms with Gasteiger partial charge < -0.3 is 15.1 Å². The van der Waals surface area contributed by atoms with Gasteiger partial charge in [0.1, 0.15) is 6.04 Å². The van der Waals surface area contributed by atoms with Crippen molar-refractivity contribution in [3.63, 3.8) is 0 Å². The Morgan fingerprint density at radius 2 is 1.55 bits per heavy atom. The first-order chi connectivity index (χ1) is 14.2. The Morgan fingerprint density at radius 3 is 2.21 bits per heavy atom. The van der Waals surface area contributed by atoms with Gasteiger partial charge in [-0.1, -0.05) is 30.3 Å². The Kier molecular flexibility index (Phi) is 6.35. The molecule has 0 bridgehead atoms. The van der Waals surface area contributed by atoms with Gasteiger partial charge in [0, 0.05) is 57.2 Å². The van der Waals surface area contributed by atoms with E-state index in [-0.39, 0.29) is 11.9 Å². The minimum absolute atomic E-state index is 0.188. The van der Waals surface area contributed by atoms with E-state index in [9.17, 15) is 4.79 Å². The van der Waals surface area contributed by atoms with Crippen LogP contribution in [0.5, 0.6) is 0 Å². The molecule has 1 atom stereocenters.